The van der Waals surface area contributed by atoms with Crippen molar-refractivity contribution in [2.24, 2.45) is 0 Å². The van der Waals surface area contributed by atoms with Gasteiger partial charge in [0.2, 0.25) is 5.56 Å². The first kappa shape index (κ1) is 25.0. The number of hydrogen-bond acceptors (Lipinski definition) is 5. The van der Waals surface area contributed by atoms with E-state index in [-0.39, 0.29) is 34.9 Å². The summed E-state index contributed by atoms with van der Waals surface area (Å²) < 4.78 is 19.8. The van der Waals surface area contributed by atoms with Crippen molar-refractivity contribution in [3.8, 4) is 5.75 Å². The van der Waals surface area contributed by atoms with Crippen molar-refractivity contribution in [2.45, 2.75) is 39.3 Å². The van der Waals surface area contributed by atoms with Gasteiger partial charge in [0.15, 0.2) is 0 Å². The van der Waals surface area contributed by atoms with Gasteiger partial charge in [0, 0.05) is 24.5 Å². The zero-order chi connectivity index (χ0) is 25.2. The molecule has 1 amide bonds. The fourth-order valence-electron chi connectivity index (χ4n) is 3.47. The van der Waals surface area contributed by atoms with Crippen LogP contribution in [0.2, 0.25) is 5.02 Å². The Morgan fingerprint density at radius 3 is 2.50 bits per heavy atom. The predicted molar refractivity (Wildman–Crippen MR) is 125 cm³/mol. The van der Waals surface area contributed by atoms with Crippen LogP contribution in [0.3, 0.4) is 0 Å². The molecular weight excluding hydrogens is 467 g/mol. The van der Waals surface area contributed by atoms with Crippen LogP contribution in [0.1, 0.15) is 42.3 Å². The summed E-state index contributed by atoms with van der Waals surface area (Å²) in [5.74, 6) is -2.58. The van der Waals surface area contributed by atoms with Gasteiger partial charge >= 0.3 is 12.1 Å². The highest BCUT2D eigenvalue weighted by Gasteiger charge is 2.24. The van der Waals surface area contributed by atoms with Gasteiger partial charge in [-0.2, -0.15) is 0 Å². The minimum absolute atomic E-state index is 0.0796. The maximum Gasteiger partial charge on any atom is 0.410 e. The highest BCUT2D eigenvalue weighted by Crippen LogP contribution is 2.26. The molecule has 0 aliphatic heterocycles. The number of pyridine rings is 1. The number of carbonyl (C=O) groups is 2. The number of carbonyl (C=O) groups excluding carboxylic acids is 1. The van der Waals surface area contributed by atoms with Crippen LogP contribution in [0.4, 0.5) is 9.18 Å². The molecule has 2 aromatic carbocycles. The van der Waals surface area contributed by atoms with E-state index in [1.807, 2.05) is 0 Å². The molecule has 180 valence electrons. The monoisotopic (exact) mass is 490 g/mol. The van der Waals surface area contributed by atoms with Crippen LogP contribution < -0.4 is 5.56 Å². The lowest BCUT2D eigenvalue weighted by molar-refractivity contribution is 0.0235. The van der Waals surface area contributed by atoms with E-state index in [1.54, 1.807) is 32.9 Å². The zero-order valence-corrected chi connectivity index (χ0v) is 19.6. The number of aromatic carboxylic acids is 1. The summed E-state index contributed by atoms with van der Waals surface area (Å²) in [4.78, 5) is 39.7. The molecule has 1 aromatic heterocycles. The number of nitrogens with one attached hydrogen (secondary N) is 1. The van der Waals surface area contributed by atoms with Gasteiger partial charge in [-0.15, -0.1) is 0 Å². The Kier molecular flexibility index (Phi) is 7.16. The van der Waals surface area contributed by atoms with Gasteiger partial charge in [-0.05, 0) is 62.6 Å². The Morgan fingerprint density at radius 2 is 1.88 bits per heavy atom. The molecule has 0 unspecified atom stereocenters. The second-order valence-corrected chi connectivity index (χ2v) is 9.15. The third-order valence-corrected chi connectivity index (χ3v) is 5.25. The first-order valence-corrected chi connectivity index (χ1v) is 10.8. The fraction of sp³-hybridized carbons (Fsp3) is 0.292. The zero-order valence-electron chi connectivity index (χ0n) is 18.8. The van der Waals surface area contributed by atoms with Crippen molar-refractivity contribution in [1.82, 2.24) is 9.88 Å². The SMILES string of the molecule is CC(C)(C)OC(=O)N(CCc1ccc(O)c2[nH]c(=O)ccc12)Cc1cc(F)c(C(=O)O)c(Cl)c1. The van der Waals surface area contributed by atoms with Gasteiger partial charge in [0.05, 0.1) is 10.5 Å². The van der Waals surface area contributed by atoms with Gasteiger partial charge in [0.25, 0.3) is 0 Å². The summed E-state index contributed by atoms with van der Waals surface area (Å²) in [6.07, 6.45) is -0.325. The lowest BCUT2D eigenvalue weighted by atomic mass is 10.0. The number of carboxylic acid groups (broad SMARTS) is 1. The number of amides is 1. The summed E-state index contributed by atoms with van der Waals surface area (Å²) in [6, 6.07) is 8.37. The minimum atomic E-state index is -1.49. The molecule has 3 N–H and O–H groups in total. The molecule has 3 aromatic rings. The van der Waals surface area contributed by atoms with Crippen LogP contribution >= 0.6 is 11.6 Å². The number of benzene rings is 2. The average molecular weight is 491 g/mol. The first-order valence-electron chi connectivity index (χ1n) is 10.4. The molecule has 0 atom stereocenters. The Labute approximate surface area is 199 Å². The molecule has 0 saturated heterocycles. The molecular formula is C24H24ClFN2O6. The largest absolute Gasteiger partial charge is 0.506 e. The Bertz CT molecular complexity index is 1290. The molecule has 8 nitrogen and oxygen atoms in total. The number of phenols is 1. The van der Waals surface area contributed by atoms with Crippen molar-refractivity contribution >= 4 is 34.6 Å². The first-order chi connectivity index (χ1) is 15.9. The molecule has 0 spiro atoms. The van der Waals surface area contributed by atoms with Crippen LogP contribution in [0.5, 0.6) is 5.75 Å². The average Bonchev–Trinajstić information content (AvgIpc) is 2.70. The maximum absolute atomic E-state index is 14.3. The summed E-state index contributed by atoms with van der Waals surface area (Å²) in [7, 11) is 0. The number of rotatable bonds is 6. The number of ether oxygens (including phenoxy) is 1. The quantitative estimate of drug-likeness (QED) is 0.460. The van der Waals surface area contributed by atoms with Gasteiger partial charge in [0.1, 0.15) is 22.7 Å². The highest BCUT2D eigenvalue weighted by atomic mass is 35.5. The molecule has 0 fully saturated rings. The number of aromatic amines is 1. The van der Waals surface area contributed by atoms with Gasteiger partial charge in [-0.3, -0.25) is 4.79 Å². The van der Waals surface area contributed by atoms with E-state index < -0.39 is 29.0 Å². The number of aromatic nitrogens is 1. The van der Waals surface area contributed by atoms with Crippen LogP contribution in [-0.2, 0) is 17.7 Å². The van der Waals surface area contributed by atoms with Crippen LogP contribution in [0, 0.1) is 5.82 Å². The third-order valence-electron chi connectivity index (χ3n) is 4.96. The molecule has 0 bridgehead atoms. The molecule has 10 heteroatoms. The van der Waals surface area contributed by atoms with E-state index in [4.69, 9.17) is 21.4 Å². The Hall–Kier alpha value is -3.59. The van der Waals surface area contributed by atoms with E-state index in [0.29, 0.717) is 17.4 Å². The van der Waals surface area contributed by atoms with E-state index in [2.05, 4.69) is 4.98 Å². The number of phenolic OH excluding ortho intramolecular Hbond substituents is 1. The van der Waals surface area contributed by atoms with Crippen molar-refractivity contribution in [2.75, 3.05) is 6.54 Å². The Balaban J connectivity index is 1.91. The van der Waals surface area contributed by atoms with Crippen LogP contribution in [0.15, 0.2) is 41.2 Å². The molecule has 0 aliphatic carbocycles. The predicted octanol–water partition coefficient (Wildman–Crippen LogP) is 4.70. The number of nitrogens with zero attached hydrogens (tertiary/aromatic N) is 1. The van der Waals surface area contributed by atoms with Crippen molar-refractivity contribution in [3.05, 3.63) is 74.3 Å². The lowest BCUT2D eigenvalue weighted by Gasteiger charge is -2.28. The van der Waals surface area contributed by atoms with Gasteiger partial charge in [-0.1, -0.05) is 17.7 Å². The maximum atomic E-state index is 14.3. The van der Waals surface area contributed by atoms with E-state index in [1.165, 1.54) is 23.1 Å². The summed E-state index contributed by atoms with van der Waals surface area (Å²) in [6.45, 7) is 5.20. The molecule has 0 saturated carbocycles. The highest BCUT2D eigenvalue weighted by molar-refractivity contribution is 6.33. The number of halogens is 2. The van der Waals surface area contributed by atoms with Crippen LogP contribution in [0.25, 0.3) is 10.9 Å². The number of carboxylic acids is 1. The van der Waals surface area contributed by atoms with E-state index in [9.17, 15) is 23.9 Å². The lowest BCUT2D eigenvalue weighted by Crippen LogP contribution is -2.37. The van der Waals surface area contributed by atoms with Gasteiger partial charge < -0.3 is 24.8 Å². The van der Waals surface area contributed by atoms with Crippen molar-refractivity contribution in [3.63, 3.8) is 0 Å². The Morgan fingerprint density at radius 1 is 1.18 bits per heavy atom. The second kappa shape index (κ2) is 9.72. The topological polar surface area (TPSA) is 120 Å². The number of fused-ring (bicyclic) bond motifs is 1. The summed E-state index contributed by atoms with van der Waals surface area (Å²) in [5.41, 5.74) is -0.457. The minimum Gasteiger partial charge on any atom is -0.506 e. The fourth-order valence-corrected chi connectivity index (χ4v) is 3.78. The summed E-state index contributed by atoms with van der Waals surface area (Å²) >= 11 is 5.96. The van der Waals surface area contributed by atoms with E-state index in [0.717, 1.165) is 11.6 Å². The number of hydrogen-bond donors (Lipinski definition) is 3. The molecule has 34 heavy (non-hydrogen) atoms. The number of H-pyrrole nitrogens is 1. The van der Waals surface area contributed by atoms with Crippen molar-refractivity contribution in [1.29, 1.82) is 0 Å². The van der Waals surface area contributed by atoms with Crippen LogP contribution in [-0.4, -0.2) is 44.3 Å². The second-order valence-electron chi connectivity index (χ2n) is 8.75. The molecule has 1 heterocycles. The standard InChI is InChI=1S/C24H24ClFN2O6/c1-24(2,3)34-23(33)28(12-13-10-16(25)20(22(31)32)17(26)11-13)9-8-14-4-6-18(29)21-15(14)5-7-19(30)27-21/h4-7,10-11,29H,8-9,12H2,1-3H3,(H,27,30)(H,31,32). The molecule has 0 aliphatic rings. The molecule has 3 rings (SSSR count). The smallest absolute Gasteiger partial charge is 0.410 e. The van der Waals surface area contributed by atoms with Crippen molar-refractivity contribution < 1.29 is 28.9 Å². The normalized spacial score (nSPS) is 11.4. The summed E-state index contributed by atoms with van der Waals surface area (Å²) in [5, 5.41) is 19.5. The third kappa shape index (κ3) is 5.85. The van der Waals surface area contributed by atoms with Gasteiger partial charge in [-0.25, -0.2) is 14.0 Å². The number of aromatic hydroxyl groups is 1. The van der Waals surface area contributed by atoms with E-state index >= 15 is 0 Å². The molecule has 0 radical (unpaired) electrons.